The Kier molecular flexibility index (Phi) is 2.29. The van der Waals surface area contributed by atoms with Gasteiger partial charge in [0.05, 0.1) is 5.39 Å². The Bertz CT molecular complexity index is 717. The molecule has 0 saturated heterocycles. The third kappa shape index (κ3) is 1.54. The van der Waals surface area contributed by atoms with Gasteiger partial charge in [-0.1, -0.05) is 29.7 Å². The van der Waals surface area contributed by atoms with Crippen molar-refractivity contribution in [3.8, 4) is 11.3 Å². The van der Waals surface area contributed by atoms with E-state index in [0.717, 1.165) is 16.6 Å². The fourth-order valence-electron chi connectivity index (χ4n) is 1.95. The molecule has 0 saturated carbocycles. The number of hydrogen-bond donors (Lipinski definition) is 1. The molecular weight excluding hydrogens is 225 g/mol. The summed E-state index contributed by atoms with van der Waals surface area (Å²) >= 11 is 0. The van der Waals surface area contributed by atoms with Crippen molar-refractivity contribution in [2.24, 2.45) is 7.05 Å². The van der Waals surface area contributed by atoms with Gasteiger partial charge in [0.15, 0.2) is 5.65 Å². The maximum absolute atomic E-state index is 5.91. The minimum atomic E-state index is 0.430. The first-order valence-electron chi connectivity index (χ1n) is 5.46. The molecule has 0 spiro atoms. The van der Waals surface area contributed by atoms with Crippen LogP contribution in [0, 0.1) is 0 Å². The lowest BCUT2D eigenvalue weighted by Gasteiger charge is -2.00. The van der Waals surface area contributed by atoms with Crippen LogP contribution in [0.25, 0.3) is 22.3 Å². The molecular formula is C12H10BN5. The number of hydrogen-bond acceptors (Lipinski definition) is 4. The first-order valence-corrected chi connectivity index (χ1v) is 5.46. The molecule has 0 bridgehead atoms. The van der Waals surface area contributed by atoms with E-state index in [4.69, 9.17) is 13.6 Å². The Labute approximate surface area is 105 Å². The normalized spacial score (nSPS) is 10.9. The van der Waals surface area contributed by atoms with Crippen LogP contribution in [0.3, 0.4) is 0 Å². The van der Waals surface area contributed by atoms with Crippen LogP contribution in [0.5, 0.6) is 0 Å². The van der Waals surface area contributed by atoms with Crippen LogP contribution in [0.4, 0.5) is 5.82 Å². The molecule has 0 aliphatic rings. The Morgan fingerprint density at radius 2 is 1.89 bits per heavy atom. The number of nitrogen functional groups attached to an aromatic ring is 1. The van der Waals surface area contributed by atoms with E-state index in [1.54, 1.807) is 4.68 Å². The van der Waals surface area contributed by atoms with Crippen molar-refractivity contribution in [2.75, 3.05) is 5.73 Å². The Morgan fingerprint density at radius 1 is 1.17 bits per heavy atom. The largest absolute Gasteiger partial charge is 0.383 e. The van der Waals surface area contributed by atoms with E-state index in [1.807, 2.05) is 31.3 Å². The van der Waals surface area contributed by atoms with Crippen molar-refractivity contribution in [2.45, 2.75) is 0 Å². The molecule has 5 nitrogen and oxygen atoms in total. The molecule has 1 aromatic carbocycles. The molecule has 2 aromatic heterocycles. The third-order valence-electron chi connectivity index (χ3n) is 2.83. The van der Waals surface area contributed by atoms with Gasteiger partial charge < -0.3 is 5.73 Å². The summed E-state index contributed by atoms with van der Waals surface area (Å²) in [5.41, 5.74) is 9.05. The fourth-order valence-corrected chi connectivity index (χ4v) is 1.95. The molecule has 0 aliphatic heterocycles. The van der Waals surface area contributed by atoms with Gasteiger partial charge in [-0.15, -0.1) is 0 Å². The Balaban J connectivity index is 2.32. The van der Waals surface area contributed by atoms with Crippen LogP contribution in [-0.2, 0) is 7.05 Å². The molecule has 0 fully saturated rings. The lowest BCUT2D eigenvalue weighted by molar-refractivity contribution is 0.789. The summed E-state index contributed by atoms with van der Waals surface area (Å²) in [4.78, 5) is 8.20. The highest BCUT2D eigenvalue weighted by molar-refractivity contribution is 6.32. The molecule has 86 valence electrons. The van der Waals surface area contributed by atoms with E-state index in [0.29, 0.717) is 16.9 Å². The van der Waals surface area contributed by atoms with E-state index >= 15 is 0 Å². The highest BCUT2D eigenvalue weighted by atomic mass is 15.3. The SMILES string of the molecule is [B]c1ccc(-c2nn(C)c3ncnc(N)c23)cc1. The number of fused-ring (bicyclic) bond motifs is 1. The van der Waals surface area contributed by atoms with Gasteiger partial charge >= 0.3 is 0 Å². The number of aromatic nitrogens is 4. The molecule has 3 rings (SSSR count). The van der Waals surface area contributed by atoms with E-state index < -0.39 is 0 Å². The van der Waals surface area contributed by atoms with Crippen molar-refractivity contribution in [1.82, 2.24) is 19.7 Å². The molecule has 0 amide bonds. The first-order chi connectivity index (χ1) is 8.66. The Hall–Kier alpha value is -2.37. The van der Waals surface area contributed by atoms with Gasteiger partial charge in [0.1, 0.15) is 25.7 Å². The average Bonchev–Trinajstić information content (AvgIpc) is 2.70. The van der Waals surface area contributed by atoms with Crippen molar-refractivity contribution in [3.05, 3.63) is 30.6 Å². The summed E-state index contributed by atoms with van der Waals surface area (Å²) in [5.74, 6) is 0.430. The van der Waals surface area contributed by atoms with E-state index in [-0.39, 0.29) is 0 Å². The van der Waals surface area contributed by atoms with Gasteiger partial charge in [-0.05, 0) is 0 Å². The zero-order valence-corrected chi connectivity index (χ0v) is 9.83. The number of rotatable bonds is 1. The molecule has 3 aromatic rings. The van der Waals surface area contributed by atoms with Gasteiger partial charge in [0.25, 0.3) is 0 Å². The summed E-state index contributed by atoms with van der Waals surface area (Å²) in [6, 6.07) is 7.47. The predicted octanol–water partition coefficient (Wildman–Crippen LogP) is 0.406. The summed E-state index contributed by atoms with van der Waals surface area (Å²) in [6.45, 7) is 0. The highest BCUT2D eigenvalue weighted by Crippen LogP contribution is 2.28. The van der Waals surface area contributed by atoms with Crippen LogP contribution in [-0.4, -0.2) is 27.6 Å². The molecule has 0 atom stereocenters. The van der Waals surface area contributed by atoms with Crippen LogP contribution in [0.2, 0.25) is 0 Å². The number of benzene rings is 1. The maximum atomic E-state index is 5.91. The minimum Gasteiger partial charge on any atom is -0.383 e. The summed E-state index contributed by atoms with van der Waals surface area (Å²) in [6.07, 6.45) is 1.44. The second kappa shape index (κ2) is 3.84. The van der Waals surface area contributed by atoms with E-state index in [9.17, 15) is 0 Å². The van der Waals surface area contributed by atoms with Gasteiger partial charge in [0.2, 0.25) is 0 Å². The fraction of sp³-hybridized carbons (Fsp3) is 0.0833. The monoisotopic (exact) mass is 235 g/mol. The van der Waals surface area contributed by atoms with Crippen LogP contribution in [0.15, 0.2) is 30.6 Å². The van der Waals surface area contributed by atoms with Gasteiger partial charge in [-0.3, -0.25) is 0 Å². The van der Waals surface area contributed by atoms with E-state index in [1.165, 1.54) is 6.33 Å². The average molecular weight is 235 g/mol. The molecule has 2 radical (unpaired) electrons. The quantitative estimate of drug-likeness (QED) is 0.620. The second-order valence-electron chi connectivity index (χ2n) is 4.05. The standard InChI is InChI=1S/C12H10BN5/c1-18-12-9(11(14)15-6-16-12)10(17-18)7-2-4-8(13)5-3-7/h2-6H,1H3,(H2,14,15,16). The number of aryl methyl sites for hydroxylation is 1. The van der Waals surface area contributed by atoms with Gasteiger partial charge in [-0.2, -0.15) is 5.10 Å². The summed E-state index contributed by atoms with van der Waals surface area (Å²) in [5, 5.41) is 5.21. The summed E-state index contributed by atoms with van der Waals surface area (Å²) < 4.78 is 1.69. The van der Waals surface area contributed by atoms with Gasteiger partial charge in [0, 0.05) is 12.6 Å². The van der Waals surface area contributed by atoms with Crippen molar-refractivity contribution in [3.63, 3.8) is 0 Å². The Morgan fingerprint density at radius 3 is 2.61 bits per heavy atom. The zero-order valence-electron chi connectivity index (χ0n) is 9.83. The lowest BCUT2D eigenvalue weighted by Crippen LogP contribution is -1.99. The molecule has 0 aliphatic carbocycles. The second-order valence-corrected chi connectivity index (χ2v) is 4.05. The lowest BCUT2D eigenvalue weighted by atomic mass is 9.94. The molecule has 2 N–H and O–H groups in total. The zero-order chi connectivity index (χ0) is 12.7. The highest BCUT2D eigenvalue weighted by Gasteiger charge is 2.14. The molecule has 6 heteroatoms. The smallest absolute Gasteiger partial charge is 0.163 e. The first kappa shape index (κ1) is 10.8. The topological polar surface area (TPSA) is 69.6 Å². The van der Waals surface area contributed by atoms with Crippen molar-refractivity contribution >= 4 is 30.2 Å². The van der Waals surface area contributed by atoms with Crippen LogP contribution < -0.4 is 11.2 Å². The van der Waals surface area contributed by atoms with E-state index in [2.05, 4.69) is 15.1 Å². The van der Waals surface area contributed by atoms with Crippen LogP contribution in [0.1, 0.15) is 0 Å². The minimum absolute atomic E-state index is 0.430. The molecule has 2 heterocycles. The molecule has 18 heavy (non-hydrogen) atoms. The number of nitrogens with zero attached hydrogens (tertiary/aromatic N) is 4. The number of anilines is 1. The maximum Gasteiger partial charge on any atom is 0.163 e. The third-order valence-corrected chi connectivity index (χ3v) is 2.83. The van der Waals surface area contributed by atoms with Crippen molar-refractivity contribution < 1.29 is 0 Å². The predicted molar refractivity (Wildman–Crippen MR) is 71.5 cm³/mol. The molecule has 0 unspecified atom stereocenters. The van der Waals surface area contributed by atoms with Gasteiger partial charge in [-0.25, -0.2) is 14.6 Å². The number of nitrogens with two attached hydrogens (primary N) is 1. The van der Waals surface area contributed by atoms with Crippen molar-refractivity contribution in [1.29, 1.82) is 0 Å². The van der Waals surface area contributed by atoms with Crippen LogP contribution >= 0.6 is 0 Å². The summed E-state index contributed by atoms with van der Waals surface area (Å²) in [7, 11) is 7.51.